The third-order valence-corrected chi connectivity index (χ3v) is 3.80. The van der Waals surface area contributed by atoms with Crippen molar-refractivity contribution in [1.82, 2.24) is 19.8 Å². The molecule has 0 radical (unpaired) electrons. The number of nitrogens with zero attached hydrogens (tertiary/aromatic N) is 3. The highest BCUT2D eigenvalue weighted by Gasteiger charge is 2.18. The molecule has 18 heavy (non-hydrogen) atoms. The van der Waals surface area contributed by atoms with Crippen LogP contribution in [-0.4, -0.2) is 46.2 Å². The number of hydrogen-bond donors (Lipinski definition) is 1. The van der Waals surface area contributed by atoms with Crippen molar-refractivity contribution in [3.8, 4) is 0 Å². The first-order chi connectivity index (χ1) is 8.75. The van der Waals surface area contributed by atoms with Crippen molar-refractivity contribution in [2.45, 2.75) is 51.7 Å². The molecule has 0 bridgehead atoms. The Morgan fingerprint density at radius 3 is 2.94 bits per heavy atom. The lowest BCUT2D eigenvalue weighted by molar-refractivity contribution is 0.179. The first-order valence-electron chi connectivity index (χ1n) is 7.19. The number of rotatable bonds is 6. The topological polar surface area (TPSA) is 33.1 Å². The summed E-state index contributed by atoms with van der Waals surface area (Å²) in [5, 5.41) is 3.64. The fraction of sp³-hybridized carbons (Fsp3) is 0.786. The van der Waals surface area contributed by atoms with E-state index < -0.39 is 0 Å². The van der Waals surface area contributed by atoms with Gasteiger partial charge in [0, 0.05) is 44.1 Å². The molecule has 102 valence electrons. The van der Waals surface area contributed by atoms with Gasteiger partial charge in [-0.3, -0.25) is 4.90 Å². The third kappa shape index (κ3) is 4.10. The second-order valence-electron chi connectivity index (χ2n) is 5.54. The van der Waals surface area contributed by atoms with E-state index in [1.165, 1.54) is 32.4 Å². The Labute approximate surface area is 110 Å². The zero-order valence-electron chi connectivity index (χ0n) is 11.7. The minimum Gasteiger partial charge on any atom is -0.336 e. The molecule has 1 N–H and O–H groups in total. The largest absolute Gasteiger partial charge is 0.336 e. The van der Waals surface area contributed by atoms with E-state index in [0.29, 0.717) is 12.1 Å². The van der Waals surface area contributed by atoms with Crippen LogP contribution in [0.1, 0.15) is 33.1 Å². The Kier molecular flexibility index (Phi) is 5.20. The molecule has 2 rings (SSSR count). The lowest BCUT2D eigenvalue weighted by Crippen LogP contribution is -2.46. The number of imidazole rings is 1. The SMILES string of the molecule is CC(C)N(CCn1ccnc1)CC1CCCCN1. The van der Waals surface area contributed by atoms with Crippen LogP contribution < -0.4 is 5.32 Å². The number of aromatic nitrogens is 2. The van der Waals surface area contributed by atoms with Crippen LogP contribution in [0.2, 0.25) is 0 Å². The number of hydrogen-bond acceptors (Lipinski definition) is 3. The Bertz CT molecular complexity index is 315. The summed E-state index contributed by atoms with van der Waals surface area (Å²) < 4.78 is 2.16. The Morgan fingerprint density at radius 2 is 2.33 bits per heavy atom. The highest BCUT2D eigenvalue weighted by atomic mass is 15.2. The van der Waals surface area contributed by atoms with Gasteiger partial charge in [0.2, 0.25) is 0 Å². The van der Waals surface area contributed by atoms with Crippen LogP contribution in [0.3, 0.4) is 0 Å². The van der Waals surface area contributed by atoms with Crippen molar-refractivity contribution >= 4 is 0 Å². The molecule has 1 aliphatic rings. The Balaban J connectivity index is 1.79. The van der Waals surface area contributed by atoms with E-state index >= 15 is 0 Å². The molecule has 1 aromatic rings. The standard InChI is InChI=1S/C14H26N4/c1-13(2)18(10-9-17-8-7-15-12-17)11-14-5-3-4-6-16-14/h7-8,12-14,16H,3-6,9-11H2,1-2H3. The van der Waals surface area contributed by atoms with Crippen LogP contribution in [0, 0.1) is 0 Å². The molecule has 1 aliphatic heterocycles. The monoisotopic (exact) mass is 250 g/mol. The Morgan fingerprint density at radius 1 is 1.44 bits per heavy atom. The van der Waals surface area contributed by atoms with E-state index in [2.05, 4.69) is 33.6 Å². The molecule has 1 atom stereocenters. The maximum absolute atomic E-state index is 4.09. The molecular formula is C14H26N4. The Hall–Kier alpha value is -0.870. The van der Waals surface area contributed by atoms with Gasteiger partial charge in [-0.05, 0) is 33.2 Å². The molecule has 0 saturated carbocycles. The van der Waals surface area contributed by atoms with Gasteiger partial charge in [0.05, 0.1) is 6.33 Å². The summed E-state index contributed by atoms with van der Waals surface area (Å²) in [5.41, 5.74) is 0. The number of nitrogens with one attached hydrogen (secondary N) is 1. The summed E-state index contributed by atoms with van der Waals surface area (Å²) in [7, 11) is 0. The maximum atomic E-state index is 4.09. The van der Waals surface area contributed by atoms with Crippen LogP contribution in [0.15, 0.2) is 18.7 Å². The van der Waals surface area contributed by atoms with E-state index in [0.717, 1.165) is 13.1 Å². The smallest absolute Gasteiger partial charge is 0.0946 e. The van der Waals surface area contributed by atoms with Crippen LogP contribution in [0.4, 0.5) is 0 Å². The van der Waals surface area contributed by atoms with E-state index in [1.54, 1.807) is 0 Å². The zero-order chi connectivity index (χ0) is 12.8. The molecule has 0 spiro atoms. The summed E-state index contributed by atoms with van der Waals surface area (Å²) in [6.07, 6.45) is 9.84. The summed E-state index contributed by atoms with van der Waals surface area (Å²) in [5.74, 6) is 0. The summed E-state index contributed by atoms with van der Waals surface area (Å²) >= 11 is 0. The van der Waals surface area contributed by atoms with Crippen LogP contribution in [0.25, 0.3) is 0 Å². The summed E-state index contributed by atoms with van der Waals surface area (Å²) in [6.45, 7) is 9.08. The van der Waals surface area contributed by atoms with Gasteiger partial charge in [0.25, 0.3) is 0 Å². The van der Waals surface area contributed by atoms with Crippen molar-refractivity contribution in [2.24, 2.45) is 0 Å². The molecule has 4 nitrogen and oxygen atoms in total. The normalized spacial score (nSPS) is 20.8. The molecule has 1 fully saturated rings. The van der Waals surface area contributed by atoms with E-state index in [9.17, 15) is 0 Å². The lowest BCUT2D eigenvalue weighted by Gasteiger charge is -2.33. The van der Waals surface area contributed by atoms with E-state index in [4.69, 9.17) is 0 Å². The molecule has 1 aromatic heterocycles. The molecule has 0 aliphatic carbocycles. The van der Waals surface area contributed by atoms with Gasteiger partial charge in [0.1, 0.15) is 0 Å². The van der Waals surface area contributed by atoms with Crippen molar-refractivity contribution in [1.29, 1.82) is 0 Å². The molecule has 1 unspecified atom stereocenters. The number of piperidine rings is 1. The van der Waals surface area contributed by atoms with Crippen LogP contribution >= 0.6 is 0 Å². The van der Waals surface area contributed by atoms with Crippen LogP contribution in [0.5, 0.6) is 0 Å². The minimum absolute atomic E-state index is 0.609. The molecule has 2 heterocycles. The second kappa shape index (κ2) is 6.90. The average molecular weight is 250 g/mol. The van der Waals surface area contributed by atoms with Gasteiger partial charge in [-0.15, -0.1) is 0 Å². The molecule has 0 aromatic carbocycles. The third-order valence-electron chi connectivity index (χ3n) is 3.80. The fourth-order valence-electron chi connectivity index (χ4n) is 2.59. The average Bonchev–Trinajstić information content (AvgIpc) is 2.88. The summed E-state index contributed by atoms with van der Waals surface area (Å²) in [4.78, 5) is 6.67. The second-order valence-corrected chi connectivity index (χ2v) is 5.54. The van der Waals surface area contributed by atoms with Gasteiger partial charge in [0.15, 0.2) is 0 Å². The quantitative estimate of drug-likeness (QED) is 0.835. The predicted octanol–water partition coefficient (Wildman–Crippen LogP) is 1.74. The summed E-state index contributed by atoms with van der Waals surface area (Å²) in [6, 6.07) is 1.29. The van der Waals surface area contributed by atoms with Gasteiger partial charge in [-0.1, -0.05) is 6.42 Å². The minimum atomic E-state index is 0.609. The molecule has 0 amide bonds. The highest BCUT2D eigenvalue weighted by Crippen LogP contribution is 2.10. The van der Waals surface area contributed by atoms with Gasteiger partial charge in [-0.25, -0.2) is 4.98 Å². The van der Waals surface area contributed by atoms with Crippen LogP contribution in [-0.2, 0) is 6.54 Å². The van der Waals surface area contributed by atoms with Crippen molar-refractivity contribution < 1.29 is 0 Å². The molecule has 1 saturated heterocycles. The first kappa shape index (κ1) is 13.6. The van der Waals surface area contributed by atoms with Gasteiger partial charge in [-0.2, -0.15) is 0 Å². The van der Waals surface area contributed by atoms with Crippen molar-refractivity contribution in [3.63, 3.8) is 0 Å². The van der Waals surface area contributed by atoms with Crippen molar-refractivity contribution in [3.05, 3.63) is 18.7 Å². The van der Waals surface area contributed by atoms with E-state index in [-0.39, 0.29) is 0 Å². The van der Waals surface area contributed by atoms with E-state index in [1.807, 2.05) is 18.7 Å². The maximum Gasteiger partial charge on any atom is 0.0946 e. The molecular weight excluding hydrogens is 224 g/mol. The van der Waals surface area contributed by atoms with Gasteiger partial charge >= 0.3 is 0 Å². The zero-order valence-corrected chi connectivity index (χ0v) is 11.7. The first-order valence-corrected chi connectivity index (χ1v) is 7.19. The molecule has 4 heteroatoms. The highest BCUT2D eigenvalue weighted by molar-refractivity contribution is 4.79. The predicted molar refractivity (Wildman–Crippen MR) is 74.6 cm³/mol. The van der Waals surface area contributed by atoms with Crippen molar-refractivity contribution in [2.75, 3.05) is 19.6 Å². The lowest BCUT2D eigenvalue weighted by atomic mass is 10.0. The van der Waals surface area contributed by atoms with Gasteiger partial charge < -0.3 is 9.88 Å². The fourth-order valence-corrected chi connectivity index (χ4v) is 2.59.